The van der Waals surface area contributed by atoms with Gasteiger partial charge in [-0.3, -0.25) is 4.79 Å². The SMILES string of the molecule is O=c1[nH]cc(-c2ccnnc2)cc1Br. The van der Waals surface area contributed by atoms with Gasteiger partial charge in [0.2, 0.25) is 0 Å². The summed E-state index contributed by atoms with van der Waals surface area (Å²) in [6.45, 7) is 0. The number of aromatic nitrogens is 3. The normalized spacial score (nSPS) is 10.1. The molecule has 4 nitrogen and oxygen atoms in total. The van der Waals surface area contributed by atoms with Gasteiger partial charge in [0.15, 0.2) is 0 Å². The molecule has 2 aromatic rings. The zero-order valence-electron chi connectivity index (χ0n) is 7.07. The molecule has 1 N–H and O–H groups in total. The van der Waals surface area contributed by atoms with Gasteiger partial charge in [-0.2, -0.15) is 10.2 Å². The molecule has 2 heterocycles. The lowest BCUT2D eigenvalue weighted by Gasteiger charge is -1.99. The van der Waals surface area contributed by atoms with Crippen molar-refractivity contribution in [1.82, 2.24) is 15.2 Å². The molecule has 0 aliphatic carbocycles. The quantitative estimate of drug-likeness (QED) is 0.838. The summed E-state index contributed by atoms with van der Waals surface area (Å²) in [5.41, 5.74) is 1.67. The molecule has 0 amide bonds. The summed E-state index contributed by atoms with van der Waals surface area (Å²) in [7, 11) is 0. The lowest BCUT2D eigenvalue weighted by molar-refractivity contribution is 1.03. The standard InChI is InChI=1S/C9H6BrN3O/c10-8-3-7(4-11-9(8)14)6-1-2-12-13-5-6/h1-5H,(H,11,14). The van der Waals surface area contributed by atoms with E-state index in [1.54, 1.807) is 24.7 Å². The lowest BCUT2D eigenvalue weighted by atomic mass is 10.1. The fourth-order valence-corrected chi connectivity index (χ4v) is 1.45. The topological polar surface area (TPSA) is 58.6 Å². The van der Waals surface area contributed by atoms with Crippen LogP contribution in [0.2, 0.25) is 0 Å². The third-order valence-electron chi connectivity index (χ3n) is 1.78. The average molecular weight is 252 g/mol. The third kappa shape index (κ3) is 1.72. The van der Waals surface area contributed by atoms with Crippen molar-refractivity contribution < 1.29 is 0 Å². The average Bonchev–Trinajstić information content (AvgIpc) is 2.23. The minimum atomic E-state index is -0.143. The van der Waals surface area contributed by atoms with Gasteiger partial charge in [-0.1, -0.05) is 0 Å². The first-order valence-electron chi connectivity index (χ1n) is 3.92. The van der Waals surface area contributed by atoms with E-state index in [9.17, 15) is 4.79 Å². The summed E-state index contributed by atoms with van der Waals surface area (Å²) in [5.74, 6) is 0. The molecule has 0 saturated carbocycles. The van der Waals surface area contributed by atoms with Crippen molar-refractivity contribution in [2.45, 2.75) is 0 Å². The van der Waals surface area contributed by atoms with Gasteiger partial charge in [0.1, 0.15) is 0 Å². The van der Waals surface area contributed by atoms with Crippen LogP contribution in [-0.4, -0.2) is 15.2 Å². The van der Waals surface area contributed by atoms with Gasteiger partial charge >= 0.3 is 0 Å². The van der Waals surface area contributed by atoms with E-state index in [1.807, 2.05) is 6.07 Å². The highest BCUT2D eigenvalue weighted by Crippen LogP contribution is 2.17. The van der Waals surface area contributed by atoms with Crippen molar-refractivity contribution in [3.8, 4) is 11.1 Å². The Morgan fingerprint density at radius 3 is 2.79 bits per heavy atom. The molecule has 2 rings (SSSR count). The van der Waals surface area contributed by atoms with Crippen LogP contribution in [0.5, 0.6) is 0 Å². The van der Waals surface area contributed by atoms with Crippen molar-refractivity contribution in [2.24, 2.45) is 0 Å². The number of rotatable bonds is 1. The molecule has 0 radical (unpaired) electrons. The Morgan fingerprint density at radius 2 is 2.14 bits per heavy atom. The maximum Gasteiger partial charge on any atom is 0.262 e. The Bertz CT molecular complexity index is 495. The van der Waals surface area contributed by atoms with E-state index < -0.39 is 0 Å². The minimum absolute atomic E-state index is 0.143. The molecule has 0 unspecified atom stereocenters. The molecule has 0 aliphatic heterocycles. The van der Waals surface area contributed by atoms with Crippen LogP contribution in [0.1, 0.15) is 0 Å². The second-order valence-corrected chi connectivity index (χ2v) is 3.55. The van der Waals surface area contributed by atoms with Crippen LogP contribution in [0.15, 0.2) is 40.0 Å². The monoisotopic (exact) mass is 251 g/mol. The molecule has 2 aromatic heterocycles. The molecular formula is C9H6BrN3O. The Labute approximate surface area is 88.1 Å². The molecule has 0 atom stereocenters. The number of nitrogens with zero attached hydrogens (tertiary/aromatic N) is 2. The van der Waals surface area contributed by atoms with Crippen LogP contribution >= 0.6 is 15.9 Å². The van der Waals surface area contributed by atoms with Gasteiger partial charge in [0.25, 0.3) is 5.56 Å². The number of hydrogen-bond acceptors (Lipinski definition) is 3. The Balaban J connectivity index is 2.54. The molecule has 0 aliphatic rings. The zero-order valence-corrected chi connectivity index (χ0v) is 8.65. The van der Waals surface area contributed by atoms with Gasteiger partial charge in [0, 0.05) is 17.3 Å². The van der Waals surface area contributed by atoms with Crippen molar-refractivity contribution in [1.29, 1.82) is 0 Å². The van der Waals surface area contributed by atoms with E-state index in [0.717, 1.165) is 11.1 Å². The van der Waals surface area contributed by atoms with Gasteiger partial charge in [-0.05, 0) is 28.1 Å². The van der Waals surface area contributed by atoms with Crippen LogP contribution in [0, 0.1) is 0 Å². The summed E-state index contributed by atoms with van der Waals surface area (Å²) in [5, 5.41) is 7.43. The molecule has 70 valence electrons. The Hall–Kier alpha value is -1.49. The fourth-order valence-electron chi connectivity index (χ4n) is 1.08. The van der Waals surface area contributed by atoms with Crippen LogP contribution in [-0.2, 0) is 0 Å². The van der Waals surface area contributed by atoms with E-state index in [2.05, 4.69) is 31.1 Å². The van der Waals surface area contributed by atoms with E-state index >= 15 is 0 Å². The second-order valence-electron chi connectivity index (χ2n) is 2.70. The molecule has 14 heavy (non-hydrogen) atoms. The molecule has 0 fully saturated rings. The number of aromatic amines is 1. The number of H-pyrrole nitrogens is 1. The highest BCUT2D eigenvalue weighted by Gasteiger charge is 2.00. The summed E-state index contributed by atoms with van der Waals surface area (Å²) in [6, 6.07) is 3.57. The van der Waals surface area contributed by atoms with E-state index in [-0.39, 0.29) is 5.56 Å². The smallest absolute Gasteiger partial charge is 0.262 e. The van der Waals surface area contributed by atoms with E-state index in [1.165, 1.54) is 0 Å². The minimum Gasteiger partial charge on any atom is -0.328 e. The predicted octanol–water partition coefficient (Wildman–Crippen LogP) is 1.59. The van der Waals surface area contributed by atoms with Crippen LogP contribution < -0.4 is 5.56 Å². The first kappa shape index (κ1) is 9.08. The highest BCUT2D eigenvalue weighted by atomic mass is 79.9. The summed E-state index contributed by atoms with van der Waals surface area (Å²) >= 11 is 3.16. The second kappa shape index (κ2) is 3.71. The number of nitrogens with one attached hydrogen (secondary N) is 1. The fraction of sp³-hybridized carbons (Fsp3) is 0. The lowest BCUT2D eigenvalue weighted by Crippen LogP contribution is -2.05. The molecular weight excluding hydrogens is 246 g/mol. The predicted molar refractivity (Wildman–Crippen MR) is 55.8 cm³/mol. The maximum absolute atomic E-state index is 11.1. The molecule has 0 spiro atoms. The van der Waals surface area contributed by atoms with Gasteiger partial charge in [0.05, 0.1) is 16.9 Å². The van der Waals surface area contributed by atoms with E-state index in [4.69, 9.17) is 0 Å². The summed E-state index contributed by atoms with van der Waals surface area (Å²) in [4.78, 5) is 13.7. The van der Waals surface area contributed by atoms with E-state index in [0.29, 0.717) is 4.47 Å². The molecule has 0 saturated heterocycles. The highest BCUT2D eigenvalue weighted by molar-refractivity contribution is 9.10. The van der Waals surface area contributed by atoms with Crippen molar-refractivity contribution >= 4 is 15.9 Å². The zero-order chi connectivity index (χ0) is 9.97. The summed E-state index contributed by atoms with van der Waals surface area (Å²) < 4.78 is 0.506. The van der Waals surface area contributed by atoms with Crippen molar-refractivity contribution in [2.75, 3.05) is 0 Å². The largest absolute Gasteiger partial charge is 0.328 e. The van der Waals surface area contributed by atoms with Gasteiger partial charge in [-0.25, -0.2) is 0 Å². The number of pyridine rings is 1. The summed E-state index contributed by atoms with van der Waals surface area (Å²) in [6.07, 6.45) is 4.89. The number of halogens is 1. The van der Waals surface area contributed by atoms with Crippen molar-refractivity contribution in [3.63, 3.8) is 0 Å². The van der Waals surface area contributed by atoms with Crippen LogP contribution in [0.4, 0.5) is 0 Å². The third-order valence-corrected chi connectivity index (χ3v) is 2.36. The van der Waals surface area contributed by atoms with Gasteiger partial charge in [-0.15, -0.1) is 0 Å². The Morgan fingerprint density at radius 1 is 1.29 bits per heavy atom. The maximum atomic E-state index is 11.1. The molecule has 5 heteroatoms. The first-order chi connectivity index (χ1) is 6.77. The molecule has 0 bridgehead atoms. The molecule has 0 aromatic carbocycles. The Kier molecular flexibility index (Phi) is 2.41. The van der Waals surface area contributed by atoms with Gasteiger partial charge < -0.3 is 4.98 Å². The van der Waals surface area contributed by atoms with Crippen LogP contribution in [0.3, 0.4) is 0 Å². The first-order valence-corrected chi connectivity index (χ1v) is 4.72. The number of hydrogen-bond donors (Lipinski definition) is 1. The van der Waals surface area contributed by atoms with Crippen LogP contribution in [0.25, 0.3) is 11.1 Å². The van der Waals surface area contributed by atoms with Crippen molar-refractivity contribution in [3.05, 3.63) is 45.5 Å².